The third kappa shape index (κ3) is 3.77. The van der Waals surface area contributed by atoms with Gasteiger partial charge in [-0.05, 0) is 45.2 Å². The lowest BCUT2D eigenvalue weighted by molar-refractivity contribution is -0.509. The van der Waals surface area contributed by atoms with E-state index in [4.69, 9.17) is 23.7 Å². The van der Waals surface area contributed by atoms with Gasteiger partial charge in [0.2, 0.25) is 17.0 Å². The standard InChI is InChI=1S/C26H29NO6/c1-6-30-23-17-12-13-27-15-18-16(10-11-20(29-5)22(18)28)14-19(27)21(17)24(31-7-2)26(33-9-4)25(23)32-8-3/h10-15H,6-9H2,1-5H3/p+1. The van der Waals surface area contributed by atoms with Crippen LogP contribution in [0.3, 0.4) is 0 Å². The second-order valence-electron chi connectivity index (χ2n) is 7.34. The third-order valence-electron chi connectivity index (χ3n) is 5.44. The highest BCUT2D eigenvalue weighted by atomic mass is 16.6. The van der Waals surface area contributed by atoms with Crippen molar-refractivity contribution in [2.24, 2.45) is 0 Å². The molecular weight excluding hydrogens is 422 g/mol. The maximum atomic E-state index is 10.7. The van der Waals surface area contributed by atoms with Crippen molar-refractivity contribution < 1.29 is 33.2 Å². The molecule has 33 heavy (non-hydrogen) atoms. The van der Waals surface area contributed by atoms with Crippen LogP contribution in [0.1, 0.15) is 27.7 Å². The number of benzene rings is 2. The number of ether oxygens (including phenoxy) is 5. The van der Waals surface area contributed by atoms with Crippen molar-refractivity contribution in [1.29, 1.82) is 0 Å². The van der Waals surface area contributed by atoms with Gasteiger partial charge in [0.15, 0.2) is 35.4 Å². The molecule has 0 unspecified atom stereocenters. The number of aromatic hydroxyl groups is 1. The van der Waals surface area contributed by atoms with Crippen LogP contribution >= 0.6 is 0 Å². The Balaban J connectivity index is 2.19. The molecule has 7 nitrogen and oxygen atoms in total. The van der Waals surface area contributed by atoms with Gasteiger partial charge in [-0.25, -0.2) is 0 Å². The monoisotopic (exact) mass is 452 g/mol. The molecule has 0 bridgehead atoms. The summed E-state index contributed by atoms with van der Waals surface area (Å²) < 4.78 is 31.5. The average molecular weight is 453 g/mol. The number of aromatic nitrogens is 1. The number of fused-ring (bicyclic) bond motifs is 4. The third-order valence-corrected chi connectivity index (χ3v) is 5.44. The molecule has 0 aliphatic carbocycles. The predicted octanol–water partition coefficient (Wildman–Crippen LogP) is 5.04. The molecule has 0 atom stereocenters. The highest BCUT2D eigenvalue weighted by Crippen LogP contribution is 2.52. The van der Waals surface area contributed by atoms with E-state index < -0.39 is 0 Å². The average Bonchev–Trinajstić information content (AvgIpc) is 2.82. The zero-order valence-electron chi connectivity index (χ0n) is 19.7. The Kier molecular flexibility index (Phi) is 6.49. The minimum absolute atomic E-state index is 0.103. The summed E-state index contributed by atoms with van der Waals surface area (Å²) in [4.78, 5) is 0. The normalized spacial score (nSPS) is 11.2. The molecule has 1 N–H and O–H groups in total. The van der Waals surface area contributed by atoms with E-state index in [9.17, 15) is 5.11 Å². The van der Waals surface area contributed by atoms with Gasteiger partial charge >= 0.3 is 0 Å². The molecule has 0 fully saturated rings. The fourth-order valence-corrected chi connectivity index (χ4v) is 4.15. The first-order valence-corrected chi connectivity index (χ1v) is 11.3. The molecule has 0 aliphatic rings. The Hall–Kier alpha value is -3.61. The summed E-state index contributed by atoms with van der Waals surface area (Å²) in [6.07, 6.45) is 3.82. The fraction of sp³-hybridized carbons (Fsp3) is 0.346. The zero-order valence-corrected chi connectivity index (χ0v) is 19.7. The first-order valence-electron chi connectivity index (χ1n) is 11.3. The molecule has 174 valence electrons. The van der Waals surface area contributed by atoms with Crippen molar-refractivity contribution >= 4 is 27.1 Å². The first kappa shape index (κ1) is 22.6. The van der Waals surface area contributed by atoms with Crippen LogP contribution in [0.4, 0.5) is 0 Å². The number of methoxy groups -OCH3 is 1. The van der Waals surface area contributed by atoms with Gasteiger partial charge in [0.1, 0.15) is 5.39 Å². The van der Waals surface area contributed by atoms with E-state index >= 15 is 0 Å². The Morgan fingerprint density at radius 1 is 0.758 bits per heavy atom. The number of rotatable bonds is 9. The van der Waals surface area contributed by atoms with E-state index in [0.717, 1.165) is 21.7 Å². The smallest absolute Gasteiger partial charge is 0.223 e. The molecule has 4 aromatic rings. The second kappa shape index (κ2) is 9.48. The summed E-state index contributed by atoms with van der Waals surface area (Å²) >= 11 is 0. The highest BCUT2D eigenvalue weighted by molar-refractivity contribution is 6.07. The van der Waals surface area contributed by atoms with E-state index in [0.29, 0.717) is 60.6 Å². The lowest BCUT2D eigenvalue weighted by Crippen LogP contribution is -2.21. The van der Waals surface area contributed by atoms with E-state index in [1.165, 1.54) is 7.11 Å². The molecule has 2 heterocycles. The van der Waals surface area contributed by atoms with Crippen LogP contribution < -0.4 is 28.1 Å². The maximum absolute atomic E-state index is 10.7. The van der Waals surface area contributed by atoms with Gasteiger partial charge in [0.25, 0.3) is 0 Å². The van der Waals surface area contributed by atoms with Crippen LogP contribution in [0, 0.1) is 0 Å². The molecule has 7 heteroatoms. The van der Waals surface area contributed by atoms with Crippen LogP contribution in [0.2, 0.25) is 0 Å². The van der Waals surface area contributed by atoms with Crippen LogP contribution in [-0.2, 0) is 0 Å². The largest absolute Gasteiger partial charge is 0.504 e. The van der Waals surface area contributed by atoms with Gasteiger partial charge in [0, 0.05) is 17.5 Å². The quantitative estimate of drug-likeness (QED) is 0.218. The Labute approximate surface area is 193 Å². The van der Waals surface area contributed by atoms with Crippen molar-refractivity contribution in [3.8, 4) is 34.5 Å². The number of nitrogens with zero attached hydrogens (tertiary/aromatic N) is 1. The predicted molar refractivity (Wildman–Crippen MR) is 128 cm³/mol. The molecule has 0 saturated heterocycles. The molecule has 0 aliphatic heterocycles. The lowest BCUT2D eigenvalue weighted by Gasteiger charge is -2.21. The van der Waals surface area contributed by atoms with Gasteiger partial charge in [-0.2, -0.15) is 4.40 Å². The number of hydrogen-bond acceptors (Lipinski definition) is 6. The summed E-state index contributed by atoms with van der Waals surface area (Å²) in [5, 5.41) is 13.9. The number of pyridine rings is 2. The zero-order chi connectivity index (χ0) is 23.5. The Morgan fingerprint density at radius 2 is 1.36 bits per heavy atom. The molecule has 4 rings (SSSR count). The number of phenols is 1. The van der Waals surface area contributed by atoms with E-state index in [-0.39, 0.29) is 5.75 Å². The lowest BCUT2D eigenvalue weighted by atomic mass is 10.0. The van der Waals surface area contributed by atoms with Gasteiger partial charge in [-0.1, -0.05) is 0 Å². The summed E-state index contributed by atoms with van der Waals surface area (Å²) in [6, 6.07) is 7.67. The Morgan fingerprint density at radius 3 is 2.00 bits per heavy atom. The van der Waals surface area contributed by atoms with Crippen LogP contribution in [0.25, 0.3) is 27.1 Å². The number of hydrogen-bond donors (Lipinski definition) is 1. The summed E-state index contributed by atoms with van der Waals surface area (Å²) in [5.74, 6) is 2.84. The molecule has 0 spiro atoms. The van der Waals surface area contributed by atoms with E-state index in [2.05, 4.69) is 0 Å². The minimum atomic E-state index is 0.103. The van der Waals surface area contributed by atoms with Gasteiger partial charge in [-0.3, -0.25) is 0 Å². The van der Waals surface area contributed by atoms with Crippen molar-refractivity contribution in [3.05, 3.63) is 36.7 Å². The molecule has 0 saturated carbocycles. The minimum Gasteiger partial charge on any atom is -0.504 e. The van der Waals surface area contributed by atoms with E-state index in [1.54, 1.807) is 6.07 Å². The van der Waals surface area contributed by atoms with Crippen molar-refractivity contribution in [2.75, 3.05) is 33.5 Å². The molecule has 2 aromatic heterocycles. The molecular formula is C26H30NO6+. The van der Waals surface area contributed by atoms with Crippen LogP contribution in [0.15, 0.2) is 36.7 Å². The first-order chi connectivity index (χ1) is 16.1. The SMILES string of the molecule is CCOc1c(OCC)c(OCC)c2c(cc[n+]3cc4c(O)c(OC)ccc4cc23)c1OCC. The second-order valence-corrected chi connectivity index (χ2v) is 7.34. The molecule has 2 aromatic carbocycles. The fourth-order valence-electron chi connectivity index (χ4n) is 4.15. The Bertz CT molecular complexity index is 1320. The summed E-state index contributed by atoms with van der Waals surface area (Å²) in [7, 11) is 1.54. The van der Waals surface area contributed by atoms with Gasteiger partial charge in [0.05, 0.1) is 38.9 Å². The summed E-state index contributed by atoms with van der Waals surface area (Å²) in [5.41, 5.74) is 0.887. The van der Waals surface area contributed by atoms with Crippen molar-refractivity contribution in [2.45, 2.75) is 27.7 Å². The van der Waals surface area contributed by atoms with Gasteiger partial charge in [-0.15, -0.1) is 0 Å². The van der Waals surface area contributed by atoms with Crippen molar-refractivity contribution in [3.63, 3.8) is 0 Å². The van der Waals surface area contributed by atoms with E-state index in [1.807, 2.05) is 62.7 Å². The number of phenolic OH excluding ortho intramolecular Hbond substituents is 1. The topological polar surface area (TPSA) is 70.5 Å². The molecule has 0 radical (unpaired) electrons. The highest BCUT2D eigenvalue weighted by Gasteiger charge is 2.28. The van der Waals surface area contributed by atoms with Crippen molar-refractivity contribution in [1.82, 2.24) is 0 Å². The molecule has 0 amide bonds. The maximum Gasteiger partial charge on any atom is 0.223 e. The summed E-state index contributed by atoms with van der Waals surface area (Å²) in [6.45, 7) is 9.59. The van der Waals surface area contributed by atoms with Crippen LogP contribution in [0.5, 0.6) is 34.5 Å². The van der Waals surface area contributed by atoms with Gasteiger partial charge < -0.3 is 28.8 Å². The van der Waals surface area contributed by atoms with Crippen LogP contribution in [-0.4, -0.2) is 38.6 Å².